The molecule has 11 heavy (non-hydrogen) atoms. The number of rotatable bonds is 6. The van der Waals surface area contributed by atoms with E-state index in [0.717, 1.165) is 0 Å². The maximum absolute atomic E-state index is 3.80. The molecule has 0 saturated heterocycles. The Balaban J connectivity index is 0. The van der Waals surface area contributed by atoms with Gasteiger partial charge in [0.05, 0.1) is 8.80 Å². The van der Waals surface area contributed by atoms with Crippen LogP contribution in [0.5, 0.6) is 0 Å². The lowest BCUT2D eigenvalue weighted by Crippen LogP contribution is -2.00. The molecule has 0 aliphatic rings. The van der Waals surface area contributed by atoms with Crippen molar-refractivity contribution in [2.24, 2.45) is 0 Å². The zero-order valence-electron chi connectivity index (χ0n) is 7.73. The molecular weight excluding hydrogens is 155 g/mol. The zero-order chi connectivity index (χ0) is 7.82. The van der Waals surface area contributed by atoms with Crippen LogP contribution in [0.25, 0.3) is 0 Å². The summed E-state index contributed by atoms with van der Waals surface area (Å²) in [6.07, 6.45) is 5.60. The summed E-state index contributed by atoms with van der Waals surface area (Å²) in [5, 5.41) is 0. The minimum Gasteiger partial charge on any atom is -0.269 e. The van der Waals surface area contributed by atoms with Gasteiger partial charge in [0, 0.05) is 0 Å². The molecule has 0 amide bonds. The molecule has 67 valence electrons. The fourth-order valence-electron chi connectivity index (χ4n) is 0.933. The molecule has 0 spiro atoms. The summed E-state index contributed by atoms with van der Waals surface area (Å²) < 4.78 is 0. The van der Waals surface area contributed by atoms with Gasteiger partial charge in [-0.15, -0.1) is 12.3 Å². The van der Waals surface area contributed by atoms with Gasteiger partial charge >= 0.3 is 0 Å². The Bertz CT molecular complexity index is 83.6. The van der Waals surface area contributed by atoms with Gasteiger partial charge in [0.25, 0.3) is 0 Å². The molecule has 2 heteroatoms. The van der Waals surface area contributed by atoms with Crippen LogP contribution in [0.15, 0.2) is 12.3 Å². The number of halogens is 1. The first-order valence-corrected chi connectivity index (χ1v) is 6.54. The van der Waals surface area contributed by atoms with Gasteiger partial charge in [0.15, 0.2) is 0 Å². The van der Waals surface area contributed by atoms with Crippen LogP contribution < -0.4 is 0 Å². The van der Waals surface area contributed by atoms with Crippen LogP contribution in [0.1, 0.15) is 32.6 Å². The maximum atomic E-state index is 3.80. The van der Waals surface area contributed by atoms with E-state index in [0.29, 0.717) is 0 Å². The quantitative estimate of drug-likeness (QED) is 0.427. The first kappa shape index (κ1) is 13.5. The maximum Gasteiger partial charge on any atom is 0.0717 e. The predicted octanol–water partition coefficient (Wildman–Crippen LogP) is 3.57. The van der Waals surface area contributed by atoms with Gasteiger partial charge in [0.1, 0.15) is 0 Å². The standard InChI is InChI=1S/C9H19Si.FH/c1-4-6-7-8-9-10(3)5-2;/h5H,2,4,6-9H2,1,3H3;1H. The van der Waals surface area contributed by atoms with Crippen molar-refractivity contribution in [1.29, 1.82) is 0 Å². The predicted molar refractivity (Wildman–Crippen MR) is 53.3 cm³/mol. The zero-order valence-corrected chi connectivity index (χ0v) is 8.73. The molecule has 0 bridgehead atoms. The van der Waals surface area contributed by atoms with Crippen LogP contribution in [-0.4, -0.2) is 8.80 Å². The van der Waals surface area contributed by atoms with E-state index in [1.165, 1.54) is 31.7 Å². The van der Waals surface area contributed by atoms with Gasteiger partial charge in [-0.1, -0.05) is 45.2 Å². The van der Waals surface area contributed by atoms with E-state index in [2.05, 4.69) is 25.7 Å². The molecule has 0 aromatic carbocycles. The average Bonchev–Trinajstić information content (AvgIpc) is 1.98. The third kappa shape index (κ3) is 9.89. The van der Waals surface area contributed by atoms with E-state index in [9.17, 15) is 0 Å². The molecule has 0 N–H and O–H groups in total. The van der Waals surface area contributed by atoms with Crippen LogP contribution in [0.2, 0.25) is 12.6 Å². The lowest BCUT2D eigenvalue weighted by molar-refractivity contribution is 0.699. The van der Waals surface area contributed by atoms with Gasteiger partial charge in [-0.05, 0) is 0 Å². The lowest BCUT2D eigenvalue weighted by Gasteiger charge is -2.01. The fraction of sp³-hybridized carbons (Fsp3) is 0.778. The SMILES string of the molecule is C=C[Si](C)CCCCCC.F. The van der Waals surface area contributed by atoms with Crippen LogP contribution in [-0.2, 0) is 0 Å². The Morgan fingerprint density at radius 3 is 2.36 bits per heavy atom. The van der Waals surface area contributed by atoms with E-state index in [1.807, 2.05) is 0 Å². The highest BCUT2D eigenvalue weighted by Crippen LogP contribution is 2.05. The number of unbranched alkanes of at least 4 members (excludes halogenated alkanes) is 3. The highest BCUT2D eigenvalue weighted by Gasteiger charge is 1.96. The van der Waals surface area contributed by atoms with Crippen molar-refractivity contribution in [3.63, 3.8) is 0 Å². The van der Waals surface area contributed by atoms with Gasteiger partial charge in [-0.3, -0.25) is 4.70 Å². The summed E-state index contributed by atoms with van der Waals surface area (Å²) >= 11 is 0. The van der Waals surface area contributed by atoms with Crippen molar-refractivity contribution < 1.29 is 4.70 Å². The summed E-state index contributed by atoms with van der Waals surface area (Å²) in [4.78, 5) is 0. The van der Waals surface area contributed by atoms with Crippen molar-refractivity contribution in [2.45, 2.75) is 45.2 Å². The van der Waals surface area contributed by atoms with Crippen LogP contribution in [0, 0.1) is 0 Å². The molecule has 0 unspecified atom stereocenters. The van der Waals surface area contributed by atoms with Crippen LogP contribution >= 0.6 is 0 Å². The fourth-order valence-corrected chi connectivity index (χ4v) is 1.94. The first-order chi connectivity index (χ1) is 4.81. The monoisotopic (exact) mass is 175 g/mol. The molecule has 0 aliphatic carbocycles. The summed E-state index contributed by atoms with van der Waals surface area (Å²) in [5.74, 6) is 0. The molecule has 0 aromatic heterocycles. The van der Waals surface area contributed by atoms with Crippen molar-refractivity contribution >= 4 is 8.80 Å². The van der Waals surface area contributed by atoms with Crippen molar-refractivity contribution in [3.8, 4) is 0 Å². The average molecular weight is 175 g/mol. The normalized spacial score (nSPS) is 9.36. The van der Waals surface area contributed by atoms with Crippen molar-refractivity contribution in [1.82, 2.24) is 0 Å². The molecule has 0 atom stereocenters. The second-order valence-corrected chi connectivity index (χ2v) is 5.46. The summed E-state index contributed by atoms with van der Waals surface area (Å²) in [6, 6.07) is 1.42. The summed E-state index contributed by atoms with van der Waals surface area (Å²) in [6.45, 7) is 8.40. The van der Waals surface area contributed by atoms with Crippen LogP contribution in [0.3, 0.4) is 0 Å². The lowest BCUT2D eigenvalue weighted by atomic mass is 10.2. The third-order valence-electron chi connectivity index (χ3n) is 1.77. The third-order valence-corrected chi connectivity index (χ3v) is 3.61. The molecule has 0 saturated carbocycles. The minimum absolute atomic E-state index is 0. The molecular formula is C9H20FSi. The Morgan fingerprint density at radius 1 is 1.27 bits per heavy atom. The van der Waals surface area contributed by atoms with E-state index in [1.54, 1.807) is 0 Å². The van der Waals surface area contributed by atoms with Gasteiger partial charge < -0.3 is 0 Å². The van der Waals surface area contributed by atoms with E-state index >= 15 is 0 Å². The molecule has 0 aliphatic heterocycles. The Kier molecular flexibility index (Phi) is 12.1. The van der Waals surface area contributed by atoms with Crippen LogP contribution in [0.4, 0.5) is 4.70 Å². The van der Waals surface area contributed by atoms with E-state index in [4.69, 9.17) is 0 Å². The topological polar surface area (TPSA) is 0 Å². The Morgan fingerprint density at radius 2 is 1.91 bits per heavy atom. The molecule has 0 nitrogen and oxygen atoms in total. The number of hydrogen-bond acceptors (Lipinski definition) is 0. The second kappa shape index (κ2) is 9.89. The van der Waals surface area contributed by atoms with Gasteiger partial charge in [-0.25, -0.2) is 0 Å². The molecule has 0 fully saturated rings. The first-order valence-electron chi connectivity index (χ1n) is 4.26. The van der Waals surface area contributed by atoms with E-state index < -0.39 is 0 Å². The Labute approximate surface area is 71.7 Å². The summed E-state index contributed by atoms with van der Waals surface area (Å²) in [5.41, 5.74) is 2.15. The van der Waals surface area contributed by atoms with E-state index in [-0.39, 0.29) is 13.5 Å². The molecule has 1 radical (unpaired) electrons. The highest BCUT2D eigenvalue weighted by molar-refractivity contribution is 6.62. The second-order valence-electron chi connectivity index (χ2n) is 2.86. The smallest absolute Gasteiger partial charge is 0.0717 e. The molecule has 0 aromatic rings. The van der Waals surface area contributed by atoms with Crippen molar-refractivity contribution in [2.75, 3.05) is 0 Å². The number of hydrogen-bond donors (Lipinski definition) is 0. The highest BCUT2D eigenvalue weighted by atomic mass is 28.3. The minimum atomic E-state index is -0.146. The van der Waals surface area contributed by atoms with Gasteiger partial charge in [-0.2, -0.15) is 0 Å². The summed E-state index contributed by atoms with van der Waals surface area (Å²) in [7, 11) is -0.146. The molecule has 0 heterocycles. The Hall–Kier alpha value is -0.113. The molecule has 0 rings (SSSR count). The van der Waals surface area contributed by atoms with Gasteiger partial charge in [0.2, 0.25) is 0 Å². The van der Waals surface area contributed by atoms with Crippen molar-refractivity contribution in [3.05, 3.63) is 12.3 Å². The largest absolute Gasteiger partial charge is 0.269 e.